The van der Waals surface area contributed by atoms with Crippen molar-refractivity contribution in [1.29, 1.82) is 0 Å². The number of nitrogens with zero attached hydrogens (tertiary/aromatic N) is 1. The van der Waals surface area contributed by atoms with Gasteiger partial charge in [0.05, 0.1) is 19.3 Å². The third-order valence-corrected chi connectivity index (χ3v) is 9.96. The number of rotatable bonds is 21. The molecule has 13 heteroatoms. The van der Waals surface area contributed by atoms with Crippen LogP contribution in [-0.4, -0.2) is 94.5 Å². The average molecular weight is 767 g/mol. The molecule has 12 nitrogen and oxygen atoms in total. The van der Waals surface area contributed by atoms with Gasteiger partial charge in [-0.2, -0.15) is 16.9 Å². The van der Waals surface area contributed by atoms with Gasteiger partial charge in [0.1, 0.15) is 17.8 Å². The molecule has 1 amide bonds. The normalized spacial score (nSPS) is 17.3. The second kappa shape index (κ2) is 27.3. The predicted octanol–water partition coefficient (Wildman–Crippen LogP) is 6.57. The van der Waals surface area contributed by atoms with E-state index in [4.69, 9.17) is 18.9 Å². The number of esters is 2. The Balaban J connectivity index is 0.00000125. The lowest BCUT2D eigenvalue weighted by molar-refractivity contribution is -0.146. The van der Waals surface area contributed by atoms with Crippen molar-refractivity contribution in [1.82, 2.24) is 16.1 Å². The number of nitrogens with one attached hydrogen (secondary N) is 3. The van der Waals surface area contributed by atoms with Crippen LogP contribution in [0.1, 0.15) is 125 Å². The summed E-state index contributed by atoms with van der Waals surface area (Å²) in [6.45, 7) is 20.5. The highest BCUT2D eigenvalue weighted by molar-refractivity contribution is 8.00. The van der Waals surface area contributed by atoms with E-state index in [2.05, 4.69) is 68.8 Å². The number of benzene rings is 1. The molecule has 53 heavy (non-hydrogen) atoms. The van der Waals surface area contributed by atoms with Crippen LogP contribution in [0.25, 0.3) is 0 Å². The van der Waals surface area contributed by atoms with Gasteiger partial charge in [-0.3, -0.25) is 4.79 Å². The van der Waals surface area contributed by atoms with E-state index in [9.17, 15) is 19.2 Å². The summed E-state index contributed by atoms with van der Waals surface area (Å²) in [4.78, 5) is 44.7. The molecule has 1 aromatic rings. The second-order valence-corrected chi connectivity index (χ2v) is 15.7. The molecule has 1 fully saturated rings. The van der Waals surface area contributed by atoms with Crippen LogP contribution in [0.4, 0.5) is 0 Å². The summed E-state index contributed by atoms with van der Waals surface area (Å²) >= 11 is 1.91. The average Bonchev–Trinajstić information content (AvgIpc) is 3.50. The zero-order valence-corrected chi connectivity index (χ0v) is 35.4. The predicted molar refractivity (Wildman–Crippen MR) is 216 cm³/mol. The lowest BCUT2D eigenvalue weighted by atomic mass is 9.72. The molecule has 1 heterocycles. The van der Waals surface area contributed by atoms with E-state index in [1.54, 1.807) is 27.0 Å². The van der Waals surface area contributed by atoms with Gasteiger partial charge in [-0.15, -0.1) is 0 Å². The molecular weight excluding hydrogens is 697 g/mol. The topological polar surface area (TPSA) is 154 Å². The maximum absolute atomic E-state index is 12.1. The van der Waals surface area contributed by atoms with E-state index in [-0.39, 0.29) is 49.2 Å². The van der Waals surface area contributed by atoms with Crippen molar-refractivity contribution in [3.63, 3.8) is 0 Å². The van der Waals surface area contributed by atoms with Crippen LogP contribution in [-0.2, 0) is 34.1 Å². The first-order chi connectivity index (χ1) is 25.2. The largest absolute Gasteiger partial charge is 0.481 e. The van der Waals surface area contributed by atoms with Crippen LogP contribution in [0.15, 0.2) is 17.2 Å². The summed E-state index contributed by atoms with van der Waals surface area (Å²) in [6, 6.07) is 4.47. The van der Waals surface area contributed by atoms with Crippen molar-refractivity contribution in [2.24, 2.45) is 10.5 Å². The smallest absolute Gasteiger partial charge is 0.344 e. The van der Waals surface area contributed by atoms with Gasteiger partial charge in [-0.1, -0.05) is 61.8 Å². The summed E-state index contributed by atoms with van der Waals surface area (Å²) in [6.07, 6.45) is 9.06. The number of carbonyl (C=O) groups excluding carboxylic acids is 4. The zero-order valence-electron chi connectivity index (χ0n) is 34.6. The first kappa shape index (κ1) is 49.7. The number of thioether (sulfide) groups is 1. The Morgan fingerprint density at radius 1 is 0.925 bits per heavy atom. The second-order valence-electron chi connectivity index (χ2n) is 14.4. The van der Waals surface area contributed by atoms with Crippen LogP contribution in [0.2, 0.25) is 0 Å². The van der Waals surface area contributed by atoms with E-state index < -0.39 is 11.9 Å². The minimum Gasteiger partial charge on any atom is -0.481 e. The molecule has 2 rings (SSSR count). The van der Waals surface area contributed by atoms with Crippen LogP contribution < -0.4 is 25.5 Å². The summed E-state index contributed by atoms with van der Waals surface area (Å²) in [5.41, 5.74) is 4.34. The first-order valence-corrected chi connectivity index (χ1v) is 20.1. The van der Waals surface area contributed by atoms with E-state index in [1.807, 2.05) is 38.9 Å². The number of ether oxygens (including phenoxy) is 4. The number of hydrogen-bond acceptors (Lipinski definition) is 12. The molecule has 1 saturated heterocycles. The number of hydrazone groups is 1. The third kappa shape index (κ3) is 19.0. The van der Waals surface area contributed by atoms with Gasteiger partial charge in [-0.25, -0.2) is 9.59 Å². The van der Waals surface area contributed by atoms with Crippen LogP contribution in [0, 0.1) is 5.41 Å². The van der Waals surface area contributed by atoms with Crippen molar-refractivity contribution >= 4 is 42.6 Å². The lowest BCUT2D eigenvalue weighted by Gasteiger charge is -2.34. The highest BCUT2D eigenvalue weighted by atomic mass is 32.2. The van der Waals surface area contributed by atoms with Crippen molar-refractivity contribution in [3.05, 3.63) is 23.3 Å². The fourth-order valence-electron chi connectivity index (χ4n) is 5.97. The molecule has 3 N–H and O–H groups in total. The molecule has 304 valence electrons. The van der Waals surface area contributed by atoms with Gasteiger partial charge in [0, 0.05) is 48.4 Å². The molecule has 0 radical (unpaired) electrons. The highest BCUT2D eigenvalue weighted by Crippen LogP contribution is 2.46. The number of unbranched alkanes of at least 4 members (excludes halogenated alkanes) is 2. The number of aldehydes is 1. The molecule has 1 aliphatic rings. The first-order valence-electron chi connectivity index (χ1n) is 19.0. The number of amides is 1. The molecule has 1 aliphatic heterocycles. The third-order valence-electron chi connectivity index (χ3n) is 8.45. The zero-order chi connectivity index (χ0) is 40.5. The monoisotopic (exact) mass is 766 g/mol. The molecule has 4 atom stereocenters. The quantitative estimate of drug-likeness (QED) is 0.0409. The molecule has 0 aromatic heterocycles. The number of carbonyl (C=O) groups is 4. The molecule has 0 spiro atoms. The summed E-state index contributed by atoms with van der Waals surface area (Å²) < 4.78 is 22.0. The van der Waals surface area contributed by atoms with Crippen molar-refractivity contribution in [2.75, 3.05) is 46.3 Å². The Kier molecular flexibility index (Phi) is 25.6. The highest BCUT2D eigenvalue weighted by Gasteiger charge is 2.35. The Labute approximate surface area is 324 Å². The minimum atomic E-state index is -0.444. The fraction of sp³-hybridized carbons (Fsp3) is 0.725. The standard InChI is InChI=1S/C27H44N2O6.C11H20N2O2S.C2H6/c1-10-32-24(30)17-34-22-16-23(35-18-25(31)33-11-2)21(27(6,7)8)15-19(22)20(26(3,4)5)13-12-14-29-28-9;1-12-11-9(13-8-15)7-16-10(11)5-3-2-4-6-14;1-2/h14-16,20,28H,10-13,17-18H2,1-9H3;6,8-12H,2-5,7H2,1H3,(H,13,15);1-2H3/b29-14+;;. The summed E-state index contributed by atoms with van der Waals surface area (Å²) in [5, 5.41) is 10.8. The molecular formula is C40H70N4O8S. The van der Waals surface area contributed by atoms with Crippen LogP contribution >= 0.6 is 11.8 Å². The number of hydrogen-bond donors (Lipinski definition) is 3. The van der Waals surface area contributed by atoms with E-state index in [0.29, 0.717) is 29.2 Å². The maximum atomic E-state index is 12.1. The van der Waals surface area contributed by atoms with Gasteiger partial charge in [0.25, 0.3) is 0 Å². The van der Waals surface area contributed by atoms with Gasteiger partial charge < -0.3 is 39.8 Å². The van der Waals surface area contributed by atoms with Crippen molar-refractivity contribution in [2.45, 2.75) is 136 Å². The summed E-state index contributed by atoms with van der Waals surface area (Å²) in [7, 11) is 3.71. The Hall–Kier alpha value is -3.32. The van der Waals surface area contributed by atoms with Crippen LogP contribution in [0.5, 0.6) is 11.5 Å². The molecule has 0 saturated carbocycles. The molecule has 0 aliphatic carbocycles. The van der Waals surface area contributed by atoms with Gasteiger partial charge in [0.15, 0.2) is 13.2 Å². The van der Waals surface area contributed by atoms with Crippen molar-refractivity contribution < 1.29 is 38.1 Å². The fourth-order valence-corrected chi connectivity index (χ4v) is 7.59. The van der Waals surface area contributed by atoms with E-state index in [0.717, 1.165) is 61.7 Å². The Morgan fingerprint density at radius 3 is 2.02 bits per heavy atom. The van der Waals surface area contributed by atoms with Gasteiger partial charge >= 0.3 is 11.9 Å². The van der Waals surface area contributed by atoms with E-state index in [1.165, 1.54) is 0 Å². The van der Waals surface area contributed by atoms with Gasteiger partial charge in [0.2, 0.25) is 6.41 Å². The van der Waals surface area contributed by atoms with Crippen LogP contribution in [0.3, 0.4) is 0 Å². The van der Waals surface area contributed by atoms with E-state index >= 15 is 0 Å². The SMILES string of the molecule is CC.CCOC(=O)COc1cc(OCC(=O)OCC)c(C(C)(C)C)cc1C(CC/C=N/NC)C(C)(C)C.CNC1C(NC=O)CSC1CCCCC=O. The minimum absolute atomic E-state index is 0.0992. The molecule has 0 bridgehead atoms. The lowest BCUT2D eigenvalue weighted by Crippen LogP contribution is -2.48. The van der Waals surface area contributed by atoms with Gasteiger partial charge in [-0.05, 0) is 75.0 Å². The summed E-state index contributed by atoms with van der Waals surface area (Å²) in [5.74, 6) is 1.25. The maximum Gasteiger partial charge on any atom is 0.344 e. The Bertz CT molecular complexity index is 1230. The Morgan fingerprint density at radius 2 is 1.53 bits per heavy atom. The van der Waals surface area contributed by atoms with Crippen molar-refractivity contribution in [3.8, 4) is 11.5 Å². The molecule has 1 aromatic carbocycles. The molecule has 4 unspecified atom stereocenters. The number of likely N-dealkylation sites (N-methyl/N-ethyl adjacent to an activating group) is 1.